The van der Waals surface area contributed by atoms with E-state index in [1.165, 1.54) is 18.3 Å². The van der Waals surface area contributed by atoms with Crippen molar-refractivity contribution in [3.8, 4) is 11.3 Å². The van der Waals surface area contributed by atoms with Crippen molar-refractivity contribution in [2.45, 2.75) is 58.1 Å². The molecule has 4 rings (SSSR count). The fraction of sp³-hybridized carbons (Fsp3) is 0.296. The molecule has 0 aliphatic rings. The molecule has 0 spiro atoms. The number of hydrogen-bond donors (Lipinski definition) is 3. The number of aromatic amines is 1. The van der Waals surface area contributed by atoms with E-state index in [0.29, 0.717) is 27.7 Å². The minimum atomic E-state index is -4.02. The molecule has 38 heavy (non-hydrogen) atoms. The third kappa shape index (κ3) is 5.67. The average molecular weight is 557 g/mol. The normalized spacial score (nSPS) is 13.0. The maximum absolute atomic E-state index is 13.4. The van der Waals surface area contributed by atoms with Gasteiger partial charge in [-0.2, -0.15) is 0 Å². The molecule has 11 heteroatoms. The fourth-order valence-corrected chi connectivity index (χ4v) is 5.98. The molecule has 3 N–H and O–H groups in total. The van der Waals surface area contributed by atoms with E-state index in [-0.39, 0.29) is 32.6 Å². The molecule has 4 aromatic rings. The molecule has 1 unspecified atom stereocenters. The van der Waals surface area contributed by atoms with Crippen LogP contribution < -0.4 is 21.0 Å². The summed E-state index contributed by atoms with van der Waals surface area (Å²) in [5, 5.41) is 3.38. The molecular weight excluding hydrogens is 528 g/mol. The Kier molecular flexibility index (Phi) is 7.26. The Morgan fingerprint density at radius 1 is 1.08 bits per heavy atom. The van der Waals surface area contributed by atoms with Crippen molar-refractivity contribution >= 4 is 38.3 Å². The van der Waals surface area contributed by atoms with E-state index in [2.05, 4.69) is 20.0 Å². The average Bonchev–Trinajstić information content (AvgIpc) is 2.80. The van der Waals surface area contributed by atoms with E-state index in [1.807, 2.05) is 19.9 Å². The number of nitrogens with one attached hydrogen (secondary N) is 3. The van der Waals surface area contributed by atoms with E-state index < -0.39 is 21.6 Å². The predicted octanol–water partition coefficient (Wildman–Crippen LogP) is 5.06. The van der Waals surface area contributed by atoms with Crippen LogP contribution in [0, 0.1) is 13.8 Å². The largest absolute Gasteiger partial charge is 0.455 e. The Bertz CT molecular complexity index is 1770. The highest BCUT2D eigenvalue weighted by Crippen LogP contribution is 2.33. The lowest BCUT2D eigenvalue weighted by Crippen LogP contribution is -2.41. The number of nitrogens with zero attached hydrogens (tertiary/aromatic N) is 1. The smallest absolute Gasteiger partial charge is 0.260 e. The third-order valence-electron chi connectivity index (χ3n) is 5.79. The Labute approximate surface area is 225 Å². The highest BCUT2D eigenvalue weighted by molar-refractivity contribution is 7.89. The van der Waals surface area contributed by atoms with E-state index in [1.54, 1.807) is 45.9 Å². The van der Waals surface area contributed by atoms with Gasteiger partial charge in [0.25, 0.3) is 10.0 Å². The first kappa shape index (κ1) is 27.6. The second kappa shape index (κ2) is 10.0. The lowest BCUT2D eigenvalue weighted by molar-refractivity contribution is 0.490. The number of pyridine rings is 2. The van der Waals surface area contributed by atoms with Crippen molar-refractivity contribution in [3.05, 3.63) is 85.0 Å². The molecule has 0 bridgehead atoms. The second-order valence-corrected chi connectivity index (χ2v) is 12.3. The number of rotatable bonds is 6. The summed E-state index contributed by atoms with van der Waals surface area (Å²) in [6, 6.07) is 9.17. The molecular formula is C27H29ClN4O5S. The number of H-pyrrole nitrogens is 1. The molecule has 3 aromatic heterocycles. The molecule has 1 atom stereocenters. The topological polar surface area (TPSA) is 134 Å². The van der Waals surface area contributed by atoms with Crippen LogP contribution in [0.15, 0.2) is 61.6 Å². The lowest BCUT2D eigenvalue weighted by Gasteiger charge is -2.23. The quantitative estimate of drug-likeness (QED) is 0.282. The lowest BCUT2D eigenvalue weighted by atomic mass is 9.99. The first-order chi connectivity index (χ1) is 17.7. The molecule has 0 saturated heterocycles. The van der Waals surface area contributed by atoms with Gasteiger partial charge < -0.3 is 14.7 Å². The molecule has 0 aliphatic carbocycles. The van der Waals surface area contributed by atoms with E-state index >= 15 is 0 Å². The summed E-state index contributed by atoms with van der Waals surface area (Å²) < 4.78 is 35.2. The molecule has 0 radical (unpaired) electrons. The van der Waals surface area contributed by atoms with Crippen LogP contribution in [-0.4, -0.2) is 23.9 Å². The number of hydrogen-bond acceptors (Lipinski definition) is 7. The van der Waals surface area contributed by atoms with Gasteiger partial charge in [-0.3, -0.25) is 9.59 Å². The third-order valence-corrected chi connectivity index (χ3v) is 7.70. The van der Waals surface area contributed by atoms with Gasteiger partial charge in [-0.25, -0.2) is 18.1 Å². The molecule has 200 valence electrons. The number of fused-ring (bicyclic) bond motifs is 1. The molecule has 0 amide bonds. The standard InChI is InChI=1S/C27H29ClN4O5S/c1-14-11-18(16(3)30-20-7-8-21(28)31-26(20)38(35,36)32-27(4,5)6)25-19(12-14)23(34)15(2)24(37-25)17-9-10-29-22(33)13-17/h7-13,16,30,32H,1-6H3,(H,29,33). The molecule has 1 aromatic carbocycles. The maximum atomic E-state index is 13.4. The first-order valence-electron chi connectivity index (χ1n) is 11.9. The Morgan fingerprint density at radius 3 is 2.45 bits per heavy atom. The van der Waals surface area contributed by atoms with Crippen LogP contribution in [0.2, 0.25) is 5.15 Å². The van der Waals surface area contributed by atoms with Crippen molar-refractivity contribution in [2.75, 3.05) is 5.32 Å². The zero-order valence-electron chi connectivity index (χ0n) is 21.9. The Hall–Kier alpha value is -3.47. The molecule has 9 nitrogen and oxygen atoms in total. The van der Waals surface area contributed by atoms with Crippen LogP contribution in [-0.2, 0) is 10.0 Å². The van der Waals surface area contributed by atoms with E-state index in [4.69, 9.17) is 16.0 Å². The second-order valence-electron chi connectivity index (χ2n) is 10.3. The van der Waals surface area contributed by atoms with Crippen molar-refractivity contribution in [3.63, 3.8) is 0 Å². The summed E-state index contributed by atoms with van der Waals surface area (Å²) >= 11 is 6.06. The fourth-order valence-electron chi connectivity index (χ4n) is 4.25. The summed E-state index contributed by atoms with van der Waals surface area (Å²) in [6.07, 6.45) is 1.49. The molecule has 0 fully saturated rings. The SMILES string of the molecule is Cc1cc(C(C)Nc2ccc(Cl)nc2S(=O)(=O)NC(C)(C)C)c2oc(-c3cc[nH]c(=O)c3)c(C)c(=O)c2c1. The van der Waals surface area contributed by atoms with Crippen LogP contribution in [0.25, 0.3) is 22.3 Å². The van der Waals surface area contributed by atoms with Gasteiger partial charge >= 0.3 is 0 Å². The highest BCUT2D eigenvalue weighted by Gasteiger charge is 2.28. The van der Waals surface area contributed by atoms with Crippen molar-refractivity contribution in [1.82, 2.24) is 14.7 Å². The van der Waals surface area contributed by atoms with Gasteiger partial charge in [0, 0.05) is 34.5 Å². The van der Waals surface area contributed by atoms with Gasteiger partial charge in [0.2, 0.25) is 5.56 Å². The van der Waals surface area contributed by atoms with Crippen molar-refractivity contribution < 1.29 is 12.8 Å². The number of benzene rings is 1. The maximum Gasteiger partial charge on any atom is 0.260 e. The Morgan fingerprint density at radius 2 is 1.79 bits per heavy atom. The summed E-state index contributed by atoms with van der Waals surface area (Å²) in [7, 11) is -4.02. The number of aryl methyl sites for hydroxylation is 1. The Balaban J connectivity index is 1.87. The predicted molar refractivity (Wildman–Crippen MR) is 149 cm³/mol. The molecule has 3 heterocycles. The van der Waals surface area contributed by atoms with Crippen LogP contribution >= 0.6 is 11.6 Å². The van der Waals surface area contributed by atoms with Gasteiger partial charge in [-0.15, -0.1) is 0 Å². The van der Waals surface area contributed by atoms with Gasteiger partial charge in [-0.1, -0.05) is 17.7 Å². The van der Waals surface area contributed by atoms with Gasteiger partial charge in [-0.05, 0) is 71.4 Å². The van der Waals surface area contributed by atoms with Gasteiger partial charge in [0.15, 0.2) is 10.5 Å². The van der Waals surface area contributed by atoms with Crippen LogP contribution in [0.3, 0.4) is 0 Å². The number of halogens is 1. The highest BCUT2D eigenvalue weighted by atomic mass is 35.5. The molecule has 0 saturated carbocycles. The first-order valence-corrected chi connectivity index (χ1v) is 13.8. The minimum absolute atomic E-state index is 0.0301. The summed E-state index contributed by atoms with van der Waals surface area (Å²) in [6.45, 7) is 10.5. The van der Waals surface area contributed by atoms with Crippen molar-refractivity contribution in [2.24, 2.45) is 0 Å². The molecule has 0 aliphatic heterocycles. The zero-order valence-corrected chi connectivity index (χ0v) is 23.5. The monoisotopic (exact) mass is 556 g/mol. The minimum Gasteiger partial charge on any atom is -0.455 e. The van der Waals surface area contributed by atoms with Gasteiger partial charge in [0.1, 0.15) is 16.5 Å². The van der Waals surface area contributed by atoms with Crippen LogP contribution in [0.5, 0.6) is 0 Å². The van der Waals surface area contributed by atoms with Crippen LogP contribution in [0.4, 0.5) is 5.69 Å². The van der Waals surface area contributed by atoms with E-state index in [9.17, 15) is 18.0 Å². The number of aromatic nitrogens is 2. The summed E-state index contributed by atoms with van der Waals surface area (Å²) in [5.74, 6) is 0.289. The summed E-state index contributed by atoms with van der Waals surface area (Å²) in [5.41, 5.74) is 1.59. The van der Waals surface area contributed by atoms with E-state index in [0.717, 1.165) is 5.56 Å². The zero-order chi connectivity index (χ0) is 28.0. The van der Waals surface area contributed by atoms with Crippen LogP contribution in [0.1, 0.15) is 50.4 Å². The number of sulfonamides is 1. The van der Waals surface area contributed by atoms with Gasteiger partial charge in [0.05, 0.1) is 17.1 Å². The number of anilines is 1. The summed E-state index contributed by atoms with van der Waals surface area (Å²) in [4.78, 5) is 31.9. The van der Waals surface area contributed by atoms with Crippen molar-refractivity contribution in [1.29, 1.82) is 0 Å².